The lowest BCUT2D eigenvalue weighted by atomic mass is 9.99. The number of halogens is 1. The highest BCUT2D eigenvalue weighted by Crippen LogP contribution is 2.24. The first kappa shape index (κ1) is 19.4. The number of hydrogen-bond donors (Lipinski definition) is 1. The van der Waals surface area contributed by atoms with Crippen LogP contribution in [0.3, 0.4) is 0 Å². The Morgan fingerprint density at radius 1 is 1.33 bits per heavy atom. The van der Waals surface area contributed by atoms with Gasteiger partial charge in [0.05, 0.1) is 24.4 Å². The number of amides is 1. The molecule has 7 nitrogen and oxygen atoms in total. The van der Waals surface area contributed by atoms with E-state index in [9.17, 15) is 17.6 Å². The molecule has 0 bridgehead atoms. The van der Waals surface area contributed by atoms with Crippen molar-refractivity contribution >= 4 is 21.8 Å². The van der Waals surface area contributed by atoms with Gasteiger partial charge in [-0.3, -0.25) is 9.10 Å². The molecule has 1 unspecified atom stereocenters. The predicted octanol–water partition coefficient (Wildman–Crippen LogP) is 2.13. The van der Waals surface area contributed by atoms with Crippen molar-refractivity contribution in [2.45, 2.75) is 19.4 Å². The SMILES string of the molecule is CN(c1ccc(F)cc1)S(=O)(=O)N1CCCC(C(=O)NCc2ccco2)C1. The lowest BCUT2D eigenvalue weighted by Crippen LogP contribution is -2.49. The molecule has 1 aliphatic heterocycles. The monoisotopic (exact) mass is 395 g/mol. The summed E-state index contributed by atoms with van der Waals surface area (Å²) >= 11 is 0. The van der Waals surface area contributed by atoms with Gasteiger partial charge in [-0.25, -0.2) is 4.39 Å². The number of nitrogens with one attached hydrogen (secondary N) is 1. The minimum Gasteiger partial charge on any atom is -0.467 e. The largest absolute Gasteiger partial charge is 0.467 e. The Hall–Kier alpha value is -2.39. The minimum absolute atomic E-state index is 0.109. The van der Waals surface area contributed by atoms with Gasteiger partial charge >= 0.3 is 10.2 Å². The second kappa shape index (κ2) is 8.10. The third kappa shape index (κ3) is 4.48. The molecule has 1 amide bonds. The summed E-state index contributed by atoms with van der Waals surface area (Å²) in [6.45, 7) is 0.720. The van der Waals surface area contributed by atoms with Crippen LogP contribution in [0, 0.1) is 11.7 Å². The Balaban J connectivity index is 1.65. The third-order valence-electron chi connectivity index (χ3n) is 4.63. The number of hydrogen-bond acceptors (Lipinski definition) is 4. The molecule has 1 atom stereocenters. The number of benzene rings is 1. The summed E-state index contributed by atoms with van der Waals surface area (Å²) in [5, 5.41) is 2.78. The van der Waals surface area contributed by atoms with E-state index >= 15 is 0 Å². The summed E-state index contributed by atoms with van der Waals surface area (Å²) in [4.78, 5) is 12.4. The molecular weight excluding hydrogens is 373 g/mol. The maximum atomic E-state index is 13.1. The molecule has 1 aromatic heterocycles. The van der Waals surface area contributed by atoms with Crippen LogP contribution < -0.4 is 9.62 Å². The first-order chi connectivity index (χ1) is 12.9. The number of furan rings is 1. The van der Waals surface area contributed by atoms with E-state index in [0.29, 0.717) is 30.8 Å². The van der Waals surface area contributed by atoms with E-state index in [1.54, 1.807) is 12.1 Å². The fourth-order valence-electron chi connectivity index (χ4n) is 3.06. The molecule has 1 saturated heterocycles. The summed E-state index contributed by atoms with van der Waals surface area (Å²) in [7, 11) is -2.39. The molecule has 1 N–H and O–H groups in total. The van der Waals surface area contributed by atoms with Crippen LogP contribution in [-0.2, 0) is 21.5 Å². The highest BCUT2D eigenvalue weighted by molar-refractivity contribution is 7.90. The van der Waals surface area contributed by atoms with Gasteiger partial charge in [-0.1, -0.05) is 0 Å². The second-order valence-corrected chi connectivity index (χ2v) is 8.41. The molecule has 27 heavy (non-hydrogen) atoms. The Bertz CT molecular complexity index is 869. The third-order valence-corrected chi connectivity index (χ3v) is 6.52. The van der Waals surface area contributed by atoms with Crippen molar-refractivity contribution in [2.75, 3.05) is 24.4 Å². The van der Waals surface area contributed by atoms with E-state index in [0.717, 1.165) is 4.31 Å². The number of anilines is 1. The van der Waals surface area contributed by atoms with E-state index < -0.39 is 21.9 Å². The topological polar surface area (TPSA) is 82.9 Å². The van der Waals surface area contributed by atoms with Crippen molar-refractivity contribution in [3.63, 3.8) is 0 Å². The van der Waals surface area contributed by atoms with Crippen molar-refractivity contribution in [3.05, 3.63) is 54.2 Å². The maximum Gasteiger partial charge on any atom is 0.303 e. The quantitative estimate of drug-likeness (QED) is 0.812. The van der Waals surface area contributed by atoms with Crippen LogP contribution in [0.15, 0.2) is 47.1 Å². The summed E-state index contributed by atoms with van der Waals surface area (Å²) in [5.74, 6) is -0.420. The summed E-state index contributed by atoms with van der Waals surface area (Å²) in [6.07, 6.45) is 2.74. The van der Waals surface area contributed by atoms with Crippen molar-refractivity contribution in [3.8, 4) is 0 Å². The van der Waals surface area contributed by atoms with Crippen LogP contribution in [0.4, 0.5) is 10.1 Å². The standard InChI is InChI=1S/C18H22FN3O4S/c1-21(16-8-6-15(19)7-9-16)27(24,25)22-10-2-4-14(13-22)18(23)20-12-17-5-3-11-26-17/h3,5-9,11,14H,2,4,10,12-13H2,1H3,(H,20,23). The molecule has 0 radical (unpaired) electrons. The van der Waals surface area contributed by atoms with Gasteiger partial charge in [0.25, 0.3) is 0 Å². The Morgan fingerprint density at radius 2 is 2.07 bits per heavy atom. The summed E-state index contributed by atoms with van der Waals surface area (Å²) in [5.41, 5.74) is 0.362. The van der Waals surface area contributed by atoms with Crippen molar-refractivity contribution in [1.82, 2.24) is 9.62 Å². The molecule has 1 aromatic carbocycles. The summed E-state index contributed by atoms with van der Waals surface area (Å²) < 4.78 is 46.5. The Labute approximate surface area is 157 Å². The molecule has 0 spiro atoms. The zero-order valence-electron chi connectivity index (χ0n) is 15.0. The fourth-order valence-corrected chi connectivity index (χ4v) is 4.52. The predicted molar refractivity (Wildman–Crippen MR) is 98.6 cm³/mol. The number of rotatable bonds is 6. The van der Waals surface area contributed by atoms with E-state index in [4.69, 9.17) is 4.42 Å². The summed E-state index contributed by atoms with van der Waals surface area (Å²) in [6, 6.07) is 8.73. The molecular formula is C18H22FN3O4S. The van der Waals surface area contributed by atoms with E-state index in [1.165, 1.54) is 41.9 Å². The second-order valence-electron chi connectivity index (χ2n) is 6.45. The van der Waals surface area contributed by atoms with Crippen LogP contribution in [0.5, 0.6) is 0 Å². The molecule has 1 aliphatic rings. The maximum absolute atomic E-state index is 13.1. The Morgan fingerprint density at radius 3 is 2.74 bits per heavy atom. The van der Waals surface area contributed by atoms with E-state index in [2.05, 4.69) is 5.32 Å². The van der Waals surface area contributed by atoms with Gasteiger partial charge in [-0.15, -0.1) is 0 Å². The van der Waals surface area contributed by atoms with Crippen molar-refractivity contribution in [2.24, 2.45) is 5.92 Å². The number of carbonyl (C=O) groups is 1. The number of piperidine rings is 1. The van der Waals surface area contributed by atoms with Crippen LogP contribution in [0.1, 0.15) is 18.6 Å². The lowest BCUT2D eigenvalue weighted by molar-refractivity contribution is -0.126. The van der Waals surface area contributed by atoms with Gasteiger partial charge in [0.2, 0.25) is 5.91 Å². The number of nitrogens with zero attached hydrogens (tertiary/aromatic N) is 2. The molecule has 0 aliphatic carbocycles. The van der Waals surface area contributed by atoms with Gasteiger partial charge in [0, 0.05) is 20.1 Å². The van der Waals surface area contributed by atoms with Crippen LogP contribution in [0.2, 0.25) is 0 Å². The van der Waals surface area contributed by atoms with Crippen molar-refractivity contribution in [1.29, 1.82) is 0 Å². The highest BCUT2D eigenvalue weighted by atomic mass is 32.2. The molecule has 3 rings (SSSR count). The smallest absolute Gasteiger partial charge is 0.303 e. The molecule has 2 heterocycles. The highest BCUT2D eigenvalue weighted by Gasteiger charge is 2.34. The molecule has 9 heteroatoms. The van der Waals surface area contributed by atoms with Gasteiger partial charge < -0.3 is 9.73 Å². The minimum atomic E-state index is -3.81. The zero-order chi connectivity index (χ0) is 19.4. The lowest BCUT2D eigenvalue weighted by Gasteiger charge is -2.34. The van der Waals surface area contributed by atoms with Gasteiger partial charge in [0.1, 0.15) is 11.6 Å². The van der Waals surface area contributed by atoms with E-state index in [1.807, 2.05) is 0 Å². The van der Waals surface area contributed by atoms with Crippen LogP contribution in [-0.4, -0.2) is 38.8 Å². The average Bonchev–Trinajstić information content (AvgIpc) is 3.20. The van der Waals surface area contributed by atoms with Crippen molar-refractivity contribution < 1.29 is 22.0 Å². The van der Waals surface area contributed by atoms with Crippen LogP contribution in [0.25, 0.3) is 0 Å². The normalized spacial score (nSPS) is 18.2. The molecule has 2 aromatic rings. The molecule has 0 saturated carbocycles. The Kier molecular flexibility index (Phi) is 5.81. The fraction of sp³-hybridized carbons (Fsp3) is 0.389. The number of carbonyl (C=O) groups excluding carboxylic acids is 1. The van der Waals surface area contributed by atoms with Gasteiger partial charge in [-0.2, -0.15) is 12.7 Å². The zero-order valence-corrected chi connectivity index (χ0v) is 15.8. The van der Waals surface area contributed by atoms with Gasteiger partial charge in [0.15, 0.2) is 0 Å². The first-order valence-electron chi connectivity index (χ1n) is 8.67. The van der Waals surface area contributed by atoms with Gasteiger partial charge in [-0.05, 0) is 49.2 Å². The average molecular weight is 395 g/mol. The van der Waals surface area contributed by atoms with E-state index in [-0.39, 0.29) is 19.0 Å². The van der Waals surface area contributed by atoms with Crippen LogP contribution >= 0.6 is 0 Å². The molecule has 1 fully saturated rings. The molecule has 146 valence electrons. The first-order valence-corrected chi connectivity index (χ1v) is 10.1.